The lowest BCUT2D eigenvalue weighted by atomic mass is 9.98. The van der Waals surface area contributed by atoms with Gasteiger partial charge in [0.05, 0.1) is 0 Å². The van der Waals surface area contributed by atoms with Gasteiger partial charge < -0.3 is 5.32 Å². The van der Waals surface area contributed by atoms with Crippen LogP contribution in [0.1, 0.15) is 37.8 Å². The molecule has 1 aliphatic rings. The molecule has 2 N–H and O–H groups in total. The number of rotatable bonds is 3. The molecule has 78 valence electrons. The van der Waals surface area contributed by atoms with Crippen molar-refractivity contribution in [2.24, 2.45) is 5.92 Å². The Kier molecular flexibility index (Phi) is 2.82. The molecule has 4 nitrogen and oxygen atoms in total. The molecule has 2 unspecified atom stereocenters. The first-order valence-corrected chi connectivity index (χ1v) is 5.43. The van der Waals surface area contributed by atoms with E-state index in [1.165, 1.54) is 0 Å². The minimum absolute atomic E-state index is 0.497. The van der Waals surface area contributed by atoms with E-state index >= 15 is 0 Å². The number of nitrogens with one attached hydrogen (secondary N) is 2. The fraction of sp³-hybridized carbons (Fsp3) is 0.800. The third-order valence-electron chi connectivity index (χ3n) is 2.88. The first-order valence-electron chi connectivity index (χ1n) is 5.43. The molecule has 0 aromatic carbocycles. The third-order valence-corrected chi connectivity index (χ3v) is 2.88. The summed E-state index contributed by atoms with van der Waals surface area (Å²) < 4.78 is 0. The topological polar surface area (TPSA) is 53.6 Å². The van der Waals surface area contributed by atoms with Crippen LogP contribution in [0.5, 0.6) is 0 Å². The SMILES string of the molecule is CCCc1nc(C2CNCC2C)n[nH]1. The van der Waals surface area contributed by atoms with E-state index < -0.39 is 0 Å². The van der Waals surface area contributed by atoms with Crippen molar-refractivity contribution in [3.05, 3.63) is 11.6 Å². The van der Waals surface area contributed by atoms with Crippen LogP contribution < -0.4 is 5.32 Å². The zero-order valence-electron chi connectivity index (χ0n) is 8.88. The van der Waals surface area contributed by atoms with Gasteiger partial charge in [0.15, 0.2) is 5.82 Å². The molecule has 2 atom stereocenters. The van der Waals surface area contributed by atoms with E-state index in [1.54, 1.807) is 0 Å². The molecule has 1 aromatic rings. The zero-order chi connectivity index (χ0) is 9.97. The fourth-order valence-corrected chi connectivity index (χ4v) is 1.98. The lowest BCUT2D eigenvalue weighted by molar-refractivity contribution is 0.547. The summed E-state index contributed by atoms with van der Waals surface area (Å²) in [6.07, 6.45) is 2.12. The zero-order valence-corrected chi connectivity index (χ0v) is 8.88. The van der Waals surface area contributed by atoms with Crippen molar-refractivity contribution in [3.63, 3.8) is 0 Å². The fourth-order valence-electron chi connectivity index (χ4n) is 1.98. The van der Waals surface area contributed by atoms with Crippen LogP contribution in [-0.2, 0) is 6.42 Å². The summed E-state index contributed by atoms with van der Waals surface area (Å²) in [5.74, 6) is 3.17. The maximum Gasteiger partial charge on any atom is 0.155 e. The van der Waals surface area contributed by atoms with E-state index in [0.717, 1.165) is 37.6 Å². The van der Waals surface area contributed by atoms with Gasteiger partial charge in [-0.3, -0.25) is 5.10 Å². The van der Waals surface area contributed by atoms with Crippen LogP contribution in [0.2, 0.25) is 0 Å². The van der Waals surface area contributed by atoms with E-state index in [1.807, 2.05) is 0 Å². The monoisotopic (exact) mass is 194 g/mol. The lowest BCUT2D eigenvalue weighted by Gasteiger charge is -2.08. The molecule has 2 rings (SSSR count). The van der Waals surface area contributed by atoms with Gasteiger partial charge in [-0.05, 0) is 18.9 Å². The quantitative estimate of drug-likeness (QED) is 0.757. The number of aromatic nitrogens is 3. The average molecular weight is 194 g/mol. The summed E-state index contributed by atoms with van der Waals surface area (Å²) in [6, 6.07) is 0. The normalized spacial score (nSPS) is 27.0. The average Bonchev–Trinajstić information content (AvgIpc) is 2.74. The van der Waals surface area contributed by atoms with Gasteiger partial charge in [-0.1, -0.05) is 13.8 Å². The lowest BCUT2D eigenvalue weighted by Crippen LogP contribution is -2.09. The molecule has 4 heteroatoms. The number of aromatic amines is 1. The molecule has 0 bridgehead atoms. The highest BCUT2D eigenvalue weighted by Crippen LogP contribution is 2.24. The van der Waals surface area contributed by atoms with Crippen molar-refractivity contribution in [2.75, 3.05) is 13.1 Å². The van der Waals surface area contributed by atoms with Crippen molar-refractivity contribution < 1.29 is 0 Å². The first kappa shape index (κ1) is 9.65. The van der Waals surface area contributed by atoms with Crippen molar-refractivity contribution in [1.82, 2.24) is 20.5 Å². The summed E-state index contributed by atoms with van der Waals surface area (Å²) >= 11 is 0. The van der Waals surface area contributed by atoms with Crippen LogP contribution >= 0.6 is 0 Å². The van der Waals surface area contributed by atoms with E-state index in [0.29, 0.717) is 11.8 Å². The first-order chi connectivity index (χ1) is 6.81. The Hall–Kier alpha value is -0.900. The molecule has 0 spiro atoms. The summed E-state index contributed by atoms with van der Waals surface area (Å²) in [6.45, 7) is 6.51. The number of aryl methyl sites for hydroxylation is 1. The molecule has 1 aliphatic heterocycles. The number of hydrogen-bond donors (Lipinski definition) is 2. The number of nitrogens with zero attached hydrogens (tertiary/aromatic N) is 2. The van der Waals surface area contributed by atoms with Crippen molar-refractivity contribution in [2.45, 2.75) is 32.6 Å². The van der Waals surface area contributed by atoms with E-state index in [-0.39, 0.29) is 0 Å². The van der Waals surface area contributed by atoms with Gasteiger partial charge in [0, 0.05) is 18.9 Å². The van der Waals surface area contributed by atoms with Gasteiger partial charge in [-0.15, -0.1) is 0 Å². The molecule has 2 heterocycles. The van der Waals surface area contributed by atoms with Crippen LogP contribution in [0.4, 0.5) is 0 Å². The molecule has 14 heavy (non-hydrogen) atoms. The molecule has 1 saturated heterocycles. The highest BCUT2D eigenvalue weighted by atomic mass is 15.2. The van der Waals surface area contributed by atoms with Crippen molar-refractivity contribution >= 4 is 0 Å². The number of hydrogen-bond acceptors (Lipinski definition) is 3. The second kappa shape index (κ2) is 4.09. The Bertz CT molecular complexity index is 294. The second-order valence-corrected chi connectivity index (χ2v) is 4.13. The molecular formula is C10H18N4. The summed E-state index contributed by atoms with van der Waals surface area (Å²) in [5.41, 5.74) is 0. The van der Waals surface area contributed by atoms with Gasteiger partial charge in [-0.2, -0.15) is 5.10 Å². The van der Waals surface area contributed by atoms with Crippen LogP contribution in [0.25, 0.3) is 0 Å². The Balaban J connectivity index is 2.08. The predicted molar refractivity (Wildman–Crippen MR) is 55.2 cm³/mol. The Morgan fingerprint density at radius 2 is 2.29 bits per heavy atom. The molecule has 1 fully saturated rings. The Morgan fingerprint density at radius 1 is 1.43 bits per heavy atom. The molecule has 1 aromatic heterocycles. The number of H-pyrrole nitrogens is 1. The van der Waals surface area contributed by atoms with Gasteiger partial charge in [0.1, 0.15) is 5.82 Å². The standard InChI is InChI=1S/C10H18N4/c1-3-4-9-12-10(14-13-9)8-6-11-5-7(8)2/h7-8,11H,3-6H2,1-2H3,(H,12,13,14). The minimum atomic E-state index is 0.497. The van der Waals surface area contributed by atoms with E-state index in [9.17, 15) is 0 Å². The minimum Gasteiger partial charge on any atom is -0.316 e. The van der Waals surface area contributed by atoms with E-state index in [2.05, 4.69) is 34.3 Å². The van der Waals surface area contributed by atoms with Crippen molar-refractivity contribution in [3.8, 4) is 0 Å². The largest absolute Gasteiger partial charge is 0.316 e. The molecule has 0 radical (unpaired) electrons. The summed E-state index contributed by atoms with van der Waals surface area (Å²) in [4.78, 5) is 4.53. The Morgan fingerprint density at radius 3 is 2.93 bits per heavy atom. The highest BCUT2D eigenvalue weighted by Gasteiger charge is 2.27. The predicted octanol–water partition coefficient (Wildman–Crippen LogP) is 1.08. The third kappa shape index (κ3) is 1.80. The molecular weight excluding hydrogens is 176 g/mol. The van der Waals surface area contributed by atoms with Gasteiger partial charge >= 0.3 is 0 Å². The second-order valence-electron chi connectivity index (χ2n) is 4.13. The smallest absolute Gasteiger partial charge is 0.155 e. The molecule has 0 saturated carbocycles. The van der Waals surface area contributed by atoms with Gasteiger partial charge in [0.25, 0.3) is 0 Å². The van der Waals surface area contributed by atoms with Crippen LogP contribution in [0.15, 0.2) is 0 Å². The Labute approximate surface area is 84.5 Å². The van der Waals surface area contributed by atoms with Gasteiger partial charge in [0.2, 0.25) is 0 Å². The van der Waals surface area contributed by atoms with Crippen molar-refractivity contribution in [1.29, 1.82) is 0 Å². The summed E-state index contributed by atoms with van der Waals surface area (Å²) in [5, 5.41) is 10.7. The maximum absolute atomic E-state index is 4.53. The van der Waals surface area contributed by atoms with Gasteiger partial charge in [-0.25, -0.2) is 4.98 Å². The molecule has 0 aliphatic carbocycles. The maximum atomic E-state index is 4.53. The summed E-state index contributed by atoms with van der Waals surface area (Å²) in [7, 11) is 0. The highest BCUT2D eigenvalue weighted by molar-refractivity contribution is 5.03. The van der Waals surface area contributed by atoms with E-state index in [4.69, 9.17) is 0 Å². The van der Waals surface area contributed by atoms with Crippen LogP contribution in [0, 0.1) is 5.92 Å². The van der Waals surface area contributed by atoms with Crippen LogP contribution in [-0.4, -0.2) is 28.3 Å². The molecule has 0 amide bonds. The van der Waals surface area contributed by atoms with Crippen LogP contribution in [0.3, 0.4) is 0 Å².